The molecule has 0 spiro atoms. The Balaban J connectivity index is 1.48. The molecule has 0 saturated heterocycles. The standard InChI is InChI=1S/C29H26FN5O2/c1-3-29(20-11-7-10-19(12-20)25-22(30)14-31-15-24(25)37-2)21-13-32-34-27(21)33-23-17-35(28(36)26(23)29)16-18-8-5-4-6-9-18/h4-12,14-15,33H,3,13,16-17H2,1-2H3/t29-/m0/s1. The Labute approximate surface area is 214 Å². The molecular formula is C29H26FN5O2. The normalized spacial score (nSPS) is 20.3. The van der Waals surface area contributed by atoms with E-state index in [1.54, 1.807) is 0 Å². The highest BCUT2D eigenvalue weighted by Gasteiger charge is 2.52. The van der Waals surface area contributed by atoms with Crippen molar-refractivity contribution < 1.29 is 13.9 Å². The molecule has 0 fully saturated rings. The van der Waals surface area contributed by atoms with Crippen molar-refractivity contribution >= 4 is 5.91 Å². The van der Waals surface area contributed by atoms with E-state index in [1.807, 2.05) is 59.5 Å². The average molecular weight is 496 g/mol. The SMILES string of the molecule is CC[C@]1(c2cccc(-c3c(F)cncc3OC)c2)C2=C(N=NC2)NC2=C1C(=O)N(Cc1ccccc1)C2. The highest BCUT2D eigenvalue weighted by atomic mass is 19.1. The molecule has 3 aromatic rings. The number of methoxy groups -OCH3 is 1. The number of hydrogen-bond donors (Lipinski definition) is 1. The number of amides is 1. The first-order valence-corrected chi connectivity index (χ1v) is 12.3. The number of azo groups is 1. The molecule has 3 aliphatic heterocycles. The molecule has 0 aliphatic carbocycles. The molecule has 4 heterocycles. The first-order chi connectivity index (χ1) is 18.1. The van der Waals surface area contributed by atoms with Gasteiger partial charge in [-0.25, -0.2) is 4.39 Å². The molecule has 1 N–H and O–H groups in total. The van der Waals surface area contributed by atoms with Crippen LogP contribution in [0.2, 0.25) is 0 Å². The zero-order valence-electron chi connectivity index (χ0n) is 20.7. The summed E-state index contributed by atoms with van der Waals surface area (Å²) in [5.74, 6) is 0.575. The molecule has 3 aliphatic rings. The Bertz CT molecular complexity index is 1500. The van der Waals surface area contributed by atoms with Crippen LogP contribution in [0.25, 0.3) is 11.1 Å². The highest BCUT2D eigenvalue weighted by Crippen LogP contribution is 2.51. The average Bonchev–Trinajstić information content (AvgIpc) is 3.52. The molecule has 0 radical (unpaired) electrons. The van der Waals surface area contributed by atoms with Crippen molar-refractivity contribution in [3.63, 3.8) is 0 Å². The molecule has 1 amide bonds. The topological polar surface area (TPSA) is 79.2 Å². The van der Waals surface area contributed by atoms with Gasteiger partial charge in [0.2, 0.25) is 0 Å². The van der Waals surface area contributed by atoms with E-state index in [0.29, 0.717) is 48.8 Å². The molecule has 1 aromatic heterocycles. The summed E-state index contributed by atoms with van der Waals surface area (Å²) in [7, 11) is 1.50. The van der Waals surface area contributed by atoms with Gasteiger partial charge in [-0.05, 0) is 29.2 Å². The lowest BCUT2D eigenvalue weighted by atomic mass is 9.64. The van der Waals surface area contributed by atoms with E-state index in [2.05, 4.69) is 27.5 Å². The quantitative estimate of drug-likeness (QED) is 0.515. The van der Waals surface area contributed by atoms with Gasteiger partial charge in [0.25, 0.3) is 5.91 Å². The molecule has 0 saturated carbocycles. The smallest absolute Gasteiger partial charge is 0.253 e. The number of benzene rings is 2. The number of halogens is 1. The fraction of sp³-hybridized carbons (Fsp3) is 0.241. The zero-order valence-corrected chi connectivity index (χ0v) is 20.7. The van der Waals surface area contributed by atoms with Gasteiger partial charge in [0.05, 0.1) is 49.1 Å². The molecule has 6 rings (SSSR count). The molecule has 0 bridgehead atoms. The van der Waals surface area contributed by atoms with Crippen LogP contribution in [0.3, 0.4) is 0 Å². The number of nitrogens with one attached hydrogen (secondary N) is 1. The number of rotatable bonds is 6. The maximum Gasteiger partial charge on any atom is 0.253 e. The van der Waals surface area contributed by atoms with Crippen LogP contribution < -0.4 is 10.1 Å². The molecule has 37 heavy (non-hydrogen) atoms. The third kappa shape index (κ3) is 3.55. The number of pyridine rings is 1. The Hall–Kier alpha value is -4.33. The predicted molar refractivity (Wildman–Crippen MR) is 137 cm³/mol. The van der Waals surface area contributed by atoms with Crippen molar-refractivity contribution in [3.8, 4) is 16.9 Å². The number of ether oxygens (including phenoxy) is 1. The summed E-state index contributed by atoms with van der Waals surface area (Å²) in [6, 6.07) is 17.7. The Morgan fingerprint density at radius 1 is 1.14 bits per heavy atom. The van der Waals surface area contributed by atoms with Crippen LogP contribution in [0.1, 0.15) is 24.5 Å². The van der Waals surface area contributed by atoms with Crippen molar-refractivity contribution in [2.75, 3.05) is 20.2 Å². The van der Waals surface area contributed by atoms with Gasteiger partial charge in [-0.15, -0.1) is 5.11 Å². The number of dihydropyridines is 1. The van der Waals surface area contributed by atoms with Gasteiger partial charge in [0.15, 0.2) is 11.6 Å². The van der Waals surface area contributed by atoms with Gasteiger partial charge >= 0.3 is 0 Å². The molecule has 1 atom stereocenters. The summed E-state index contributed by atoms with van der Waals surface area (Å²) >= 11 is 0. The zero-order chi connectivity index (χ0) is 25.6. The van der Waals surface area contributed by atoms with E-state index >= 15 is 0 Å². The first kappa shape index (κ1) is 23.1. The molecule has 2 aromatic carbocycles. The summed E-state index contributed by atoms with van der Waals surface area (Å²) in [6.45, 7) is 3.45. The fourth-order valence-corrected chi connectivity index (χ4v) is 5.85. The van der Waals surface area contributed by atoms with Gasteiger partial charge < -0.3 is 15.0 Å². The number of hydrogen-bond acceptors (Lipinski definition) is 6. The van der Waals surface area contributed by atoms with E-state index in [1.165, 1.54) is 19.5 Å². The lowest BCUT2D eigenvalue weighted by Gasteiger charge is -2.39. The molecular weight excluding hydrogens is 469 g/mol. The monoisotopic (exact) mass is 495 g/mol. The van der Waals surface area contributed by atoms with Crippen LogP contribution in [0.5, 0.6) is 5.75 Å². The van der Waals surface area contributed by atoms with E-state index in [9.17, 15) is 9.18 Å². The van der Waals surface area contributed by atoms with Crippen LogP contribution in [-0.2, 0) is 16.8 Å². The lowest BCUT2D eigenvalue weighted by molar-refractivity contribution is -0.126. The van der Waals surface area contributed by atoms with Gasteiger partial charge in [-0.2, -0.15) is 5.11 Å². The van der Waals surface area contributed by atoms with Crippen molar-refractivity contribution in [2.45, 2.75) is 25.3 Å². The van der Waals surface area contributed by atoms with Crippen LogP contribution >= 0.6 is 0 Å². The van der Waals surface area contributed by atoms with Crippen LogP contribution in [0.15, 0.2) is 99.9 Å². The van der Waals surface area contributed by atoms with Gasteiger partial charge in [0, 0.05) is 17.8 Å². The summed E-state index contributed by atoms with van der Waals surface area (Å²) in [5.41, 5.74) is 4.75. The second kappa shape index (κ2) is 8.96. The summed E-state index contributed by atoms with van der Waals surface area (Å²) in [6.07, 6.45) is 3.31. The minimum absolute atomic E-state index is 0.00951. The first-order valence-electron chi connectivity index (χ1n) is 12.3. The van der Waals surface area contributed by atoms with Crippen molar-refractivity contribution in [1.82, 2.24) is 15.2 Å². The van der Waals surface area contributed by atoms with Gasteiger partial charge in [0.1, 0.15) is 5.75 Å². The van der Waals surface area contributed by atoms with Crippen LogP contribution in [0.4, 0.5) is 4.39 Å². The molecule has 186 valence electrons. The molecule has 7 nitrogen and oxygen atoms in total. The van der Waals surface area contributed by atoms with E-state index in [4.69, 9.17) is 4.74 Å². The third-order valence-corrected chi connectivity index (χ3v) is 7.52. The number of aromatic nitrogens is 1. The number of nitrogens with zero attached hydrogens (tertiary/aromatic N) is 4. The van der Waals surface area contributed by atoms with Crippen molar-refractivity contribution in [1.29, 1.82) is 0 Å². The lowest BCUT2D eigenvalue weighted by Crippen LogP contribution is -2.41. The maximum absolute atomic E-state index is 15.0. The highest BCUT2D eigenvalue weighted by molar-refractivity contribution is 6.01. The van der Waals surface area contributed by atoms with Crippen LogP contribution in [0, 0.1) is 5.82 Å². The Morgan fingerprint density at radius 3 is 2.76 bits per heavy atom. The summed E-state index contributed by atoms with van der Waals surface area (Å²) < 4.78 is 20.4. The number of carbonyl (C=O) groups excluding carboxylic acids is 1. The van der Waals surface area contributed by atoms with Crippen LogP contribution in [-0.4, -0.2) is 36.0 Å². The van der Waals surface area contributed by atoms with E-state index in [-0.39, 0.29) is 5.91 Å². The van der Waals surface area contributed by atoms with Gasteiger partial charge in [-0.1, -0.05) is 55.5 Å². The summed E-state index contributed by atoms with van der Waals surface area (Å²) in [4.78, 5) is 19.8. The second-order valence-corrected chi connectivity index (χ2v) is 9.39. The van der Waals surface area contributed by atoms with E-state index in [0.717, 1.165) is 28.0 Å². The van der Waals surface area contributed by atoms with Gasteiger partial charge in [-0.3, -0.25) is 9.78 Å². The van der Waals surface area contributed by atoms with Crippen molar-refractivity contribution in [2.24, 2.45) is 10.2 Å². The van der Waals surface area contributed by atoms with E-state index < -0.39 is 11.2 Å². The maximum atomic E-state index is 15.0. The molecule has 0 unspecified atom stereocenters. The Morgan fingerprint density at radius 2 is 1.97 bits per heavy atom. The third-order valence-electron chi connectivity index (χ3n) is 7.52. The minimum Gasteiger partial charge on any atom is -0.494 e. The fourth-order valence-electron chi connectivity index (χ4n) is 5.85. The Kier molecular flexibility index (Phi) is 5.59. The molecule has 8 heteroatoms. The van der Waals surface area contributed by atoms with Crippen molar-refractivity contribution in [3.05, 3.63) is 107 Å². The minimum atomic E-state index is -0.741. The summed E-state index contributed by atoms with van der Waals surface area (Å²) in [5, 5.41) is 12.1. The second-order valence-electron chi connectivity index (χ2n) is 9.39. The predicted octanol–water partition coefficient (Wildman–Crippen LogP) is 5.12. The number of carbonyl (C=O) groups is 1. The largest absolute Gasteiger partial charge is 0.494 e.